The molecule has 0 atom stereocenters. The van der Waals surface area contributed by atoms with Crippen LogP contribution in [0.25, 0.3) is 11.4 Å². The van der Waals surface area contributed by atoms with Crippen LogP contribution >= 0.6 is 0 Å². The molecule has 0 aliphatic heterocycles. The van der Waals surface area contributed by atoms with E-state index in [4.69, 9.17) is 4.52 Å². The van der Waals surface area contributed by atoms with Crippen LogP contribution in [0.15, 0.2) is 78.0 Å². The molecule has 1 aliphatic carbocycles. The Bertz CT molecular complexity index is 1010. The van der Waals surface area contributed by atoms with Crippen molar-refractivity contribution < 1.29 is 4.52 Å². The third kappa shape index (κ3) is 4.15. The van der Waals surface area contributed by atoms with Crippen LogP contribution in [0.4, 0.5) is 5.69 Å². The lowest BCUT2D eigenvalue weighted by molar-refractivity contribution is 0.309. The van der Waals surface area contributed by atoms with E-state index < -0.39 is 0 Å². The smallest absolute Gasteiger partial charge is 0.223 e. The number of aryl methyl sites for hydroxylation is 1. The summed E-state index contributed by atoms with van der Waals surface area (Å²) in [6.45, 7) is 11.6. The topological polar surface area (TPSA) is 45.4 Å². The van der Waals surface area contributed by atoms with Gasteiger partial charge >= 0.3 is 0 Å². The molecule has 2 aromatic carbocycles. The monoisotopic (exact) mass is 400 g/mol. The summed E-state index contributed by atoms with van der Waals surface area (Å²) in [7, 11) is 2.16. The number of rotatable bonds is 8. The lowest BCUT2D eigenvalue weighted by Crippen LogP contribution is -2.37. The van der Waals surface area contributed by atoms with Gasteiger partial charge in [-0.1, -0.05) is 42.1 Å². The van der Waals surface area contributed by atoms with Crippen molar-refractivity contribution in [3.63, 3.8) is 0 Å². The van der Waals surface area contributed by atoms with Crippen molar-refractivity contribution >= 4 is 5.69 Å². The number of fused-ring (bicyclic) bond motifs is 1. The Labute approximate surface area is 178 Å². The van der Waals surface area contributed by atoms with Gasteiger partial charge in [-0.05, 0) is 48.2 Å². The zero-order valence-corrected chi connectivity index (χ0v) is 17.7. The highest BCUT2D eigenvalue weighted by Crippen LogP contribution is 2.27. The van der Waals surface area contributed by atoms with Crippen molar-refractivity contribution in [3.05, 3.63) is 90.5 Å². The van der Waals surface area contributed by atoms with Crippen LogP contribution < -0.4 is 4.90 Å². The molecular formula is C25H28N4O. The summed E-state index contributed by atoms with van der Waals surface area (Å²) in [6, 6.07) is 17.4. The van der Waals surface area contributed by atoms with Gasteiger partial charge in [0.1, 0.15) is 0 Å². The van der Waals surface area contributed by atoms with Crippen LogP contribution in [0.3, 0.4) is 0 Å². The zero-order chi connectivity index (χ0) is 21.1. The van der Waals surface area contributed by atoms with E-state index in [2.05, 4.69) is 76.5 Å². The Morgan fingerprint density at radius 1 is 1.13 bits per heavy atom. The first-order valence-electron chi connectivity index (χ1n) is 10.3. The molecule has 5 heteroatoms. The molecule has 0 saturated heterocycles. The summed E-state index contributed by atoms with van der Waals surface area (Å²) in [5, 5.41) is 3.99. The van der Waals surface area contributed by atoms with E-state index in [9.17, 15) is 0 Å². The van der Waals surface area contributed by atoms with Gasteiger partial charge in [0.2, 0.25) is 11.7 Å². The van der Waals surface area contributed by atoms with Crippen molar-refractivity contribution in [2.45, 2.75) is 25.8 Å². The minimum atomic E-state index is 0.462. The third-order valence-corrected chi connectivity index (χ3v) is 5.82. The molecule has 0 unspecified atom stereocenters. The van der Waals surface area contributed by atoms with Crippen molar-refractivity contribution in [1.29, 1.82) is 0 Å². The van der Waals surface area contributed by atoms with E-state index in [1.54, 1.807) is 6.92 Å². The summed E-state index contributed by atoms with van der Waals surface area (Å²) in [5.41, 5.74) is 6.07. The maximum atomic E-state index is 5.08. The van der Waals surface area contributed by atoms with Crippen molar-refractivity contribution in [2.24, 2.45) is 0 Å². The number of benzene rings is 2. The molecule has 0 spiro atoms. The van der Waals surface area contributed by atoms with Crippen LogP contribution in [0.1, 0.15) is 17.0 Å². The highest BCUT2D eigenvalue weighted by Gasteiger charge is 2.25. The van der Waals surface area contributed by atoms with E-state index in [0.717, 1.165) is 42.9 Å². The number of aromatic nitrogens is 2. The molecule has 0 bridgehead atoms. The molecule has 1 aromatic heterocycles. The van der Waals surface area contributed by atoms with Gasteiger partial charge in [-0.15, -0.1) is 6.58 Å². The molecule has 0 fully saturated rings. The zero-order valence-electron chi connectivity index (χ0n) is 17.7. The molecule has 154 valence electrons. The molecular weight excluding hydrogens is 372 g/mol. The predicted octanol–water partition coefficient (Wildman–Crippen LogP) is 4.65. The first kappa shape index (κ1) is 20.0. The van der Waals surface area contributed by atoms with E-state index >= 15 is 0 Å². The second-order valence-electron chi connectivity index (χ2n) is 7.86. The van der Waals surface area contributed by atoms with Crippen LogP contribution in [-0.2, 0) is 12.8 Å². The van der Waals surface area contributed by atoms with Gasteiger partial charge in [0.25, 0.3) is 0 Å². The molecule has 30 heavy (non-hydrogen) atoms. The number of hydrogen-bond acceptors (Lipinski definition) is 5. The summed E-state index contributed by atoms with van der Waals surface area (Å²) in [6.07, 6.45) is 4.08. The number of likely N-dealkylation sites (N-methyl/N-ethyl adjacent to an activating group) is 1. The van der Waals surface area contributed by atoms with Gasteiger partial charge in [-0.2, -0.15) is 4.98 Å². The van der Waals surface area contributed by atoms with Crippen LogP contribution in [0.5, 0.6) is 0 Å². The first-order valence-corrected chi connectivity index (χ1v) is 10.3. The maximum absolute atomic E-state index is 5.08. The number of anilines is 1. The summed E-state index contributed by atoms with van der Waals surface area (Å²) < 4.78 is 5.08. The molecule has 0 saturated carbocycles. The summed E-state index contributed by atoms with van der Waals surface area (Å²) in [4.78, 5) is 8.91. The van der Waals surface area contributed by atoms with Gasteiger partial charge in [0.05, 0.1) is 6.54 Å². The Morgan fingerprint density at radius 2 is 1.80 bits per heavy atom. The van der Waals surface area contributed by atoms with Crippen LogP contribution in [0, 0.1) is 6.92 Å². The van der Waals surface area contributed by atoms with Crippen molar-refractivity contribution in [2.75, 3.05) is 25.0 Å². The highest BCUT2D eigenvalue weighted by atomic mass is 16.5. The van der Waals surface area contributed by atoms with Gasteiger partial charge in [-0.25, -0.2) is 0 Å². The molecule has 4 rings (SSSR count). The fourth-order valence-electron chi connectivity index (χ4n) is 4.05. The van der Waals surface area contributed by atoms with E-state index in [1.165, 1.54) is 11.1 Å². The predicted molar refractivity (Wildman–Crippen MR) is 121 cm³/mol. The molecule has 5 nitrogen and oxygen atoms in total. The fourth-order valence-corrected chi connectivity index (χ4v) is 4.05. The van der Waals surface area contributed by atoms with Gasteiger partial charge < -0.3 is 14.3 Å². The van der Waals surface area contributed by atoms with Gasteiger partial charge in [0.15, 0.2) is 0 Å². The van der Waals surface area contributed by atoms with Crippen LogP contribution in [0.2, 0.25) is 0 Å². The number of hydrogen-bond donors (Lipinski definition) is 0. The van der Waals surface area contributed by atoms with Gasteiger partial charge in [-0.3, -0.25) is 0 Å². The lowest BCUT2D eigenvalue weighted by Gasteiger charge is -2.33. The Morgan fingerprint density at radius 3 is 2.37 bits per heavy atom. The Kier molecular flexibility index (Phi) is 5.70. The van der Waals surface area contributed by atoms with Crippen molar-refractivity contribution in [3.8, 4) is 11.4 Å². The molecule has 3 aromatic rings. The van der Waals surface area contributed by atoms with Crippen molar-refractivity contribution in [1.82, 2.24) is 15.0 Å². The molecule has 1 aliphatic rings. The highest BCUT2D eigenvalue weighted by molar-refractivity contribution is 5.60. The molecule has 1 heterocycles. The average molecular weight is 401 g/mol. The van der Waals surface area contributed by atoms with Gasteiger partial charge in [0, 0.05) is 43.5 Å². The normalized spacial score (nSPS) is 13.1. The van der Waals surface area contributed by atoms with Crippen LogP contribution in [-0.4, -0.2) is 41.2 Å². The minimum absolute atomic E-state index is 0.462. The van der Waals surface area contributed by atoms with E-state index in [1.807, 2.05) is 18.2 Å². The number of nitrogens with zero attached hydrogens (tertiary/aromatic N) is 4. The Hall–Kier alpha value is -3.34. The second kappa shape index (κ2) is 8.57. The lowest BCUT2D eigenvalue weighted by atomic mass is 10.1. The average Bonchev–Trinajstić information content (AvgIpc) is 3.39. The Balaban J connectivity index is 1.44. The standard InChI is InChI=1S/C25H28N4O/c1-5-14-29(23-12-10-20(11-13-23)25-26-19(3)30-27-25)17-18(2)28(4)24-15-21-8-6-7-9-22(21)16-24/h5-13,24H,1-2,14-17H2,3-4H3. The largest absolute Gasteiger partial charge is 0.373 e. The summed E-state index contributed by atoms with van der Waals surface area (Å²) >= 11 is 0. The SMILES string of the molecule is C=CCN(CC(=C)N(C)C1Cc2ccccc2C1)c1ccc(-c2noc(C)n2)cc1. The minimum Gasteiger partial charge on any atom is -0.373 e. The quantitative estimate of drug-likeness (QED) is 0.515. The fraction of sp³-hybridized carbons (Fsp3) is 0.280. The second-order valence-corrected chi connectivity index (χ2v) is 7.86. The first-order chi connectivity index (χ1) is 14.5. The molecule has 0 radical (unpaired) electrons. The molecule has 0 N–H and O–H groups in total. The molecule has 0 amide bonds. The van der Waals surface area contributed by atoms with E-state index in [-0.39, 0.29) is 0 Å². The maximum Gasteiger partial charge on any atom is 0.223 e. The third-order valence-electron chi connectivity index (χ3n) is 5.82. The van der Waals surface area contributed by atoms with E-state index in [0.29, 0.717) is 17.8 Å². The summed E-state index contributed by atoms with van der Waals surface area (Å²) in [5.74, 6) is 1.18.